The van der Waals surface area contributed by atoms with E-state index in [-0.39, 0.29) is 50.5 Å². The Kier molecular flexibility index (Phi) is 14.7. The van der Waals surface area contributed by atoms with Crippen molar-refractivity contribution in [2.24, 2.45) is 33.8 Å². The second-order valence-electron chi connectivity index (χ2n) is 8.88. The number of aliphatic hydroxyl groups is 1. The molecule has 0 heterocycles. The van der Waals surface area contributed by atoms with E-state index >= 15 is 0 Å². The maximum atomic E-state index is 13.0. The van der Waals surface area contributed by atoms with Crippen LogP contribution in [-0.4, -0.2) is 82.6 Å². The summed E-state index contributed by atoms with van der Waals surface area (Å²) in [5.41, 5.74) is 21.4. The highest BCUT2D eigenvalue weighted by molar-refractivity contribution is 5.94. The van der Waals surface area contributed by atoms with E-state index in [1.807, 2.05) is 0 Å². The van der Waals surface area contributed by atoms with Gasteiger partial charge in [0, 0.05) is 13.0 Å². The summed E-state index contributed by atoms with van der Waals surface area (Å²) in [5, 5.41) is 26.6. The van der Waals surface area contributed by atoms with Gasteiger partial charge in [-0.25, -0.2) is 4.79 Å². The molecule has 0 aliphatic rings. The zero-order valence-corrected chi connectivity index (χ0v) is 20.9. The van der Waals surface area contributed by atoms with E-state index in [2.05, 4.69) is 20.9 Å². The summed E-state index contributed by atoms with van der Waals surface area (Å²) < 4.78 is 0. The van der Waals surface area contributed by atoms with E-state index in [0.29, 0.717) is 0 Å². The number of hydrogen-bond donors (Lipinski definition) is 9. The first-order chi connectivity index (χ1) is 16.6. The fourth-order valence-electron chi connectivity index (χ4n) is 3.09. The summed E-state index contributed by atoms with van der Waals surface area (Å²) in [7, 11) is 0. The van der Waals surface area contributed by atoms with Gasteiger partial charge in [0.05, 0.1) is 12.1 Å². The third-order valence-electron chi connectivity index (χ3n) is 5.00. The second kappa shape index (κ2) is 16.3. The van der Waals surface area contributed by atoms with Crippen LogP contribution >= 0.6 is 0 Å². The van der Waals surface area contributed by atoms with Gasteiger partial charge >= 0.3 is 5.97 Å². The topological polar surface area (TPSA) is 278 Å². The Labute approximate surface area is 209 Å². The van der Waals surface area contributed by atoms with Crippen molar-refractivity contribution in [1.82, 2.24) is 16.0 Å². The molecule has 15 heteroatoms. The van der Waals surface area contributed by atoms with Crippen LogP contribution in [0.5, 0.6) is 0 Å². The van der Waals surface area contributed by atoms with Crippen molar-refractivity contribution in [2.75, 3.05) is 6.54 Å². The van der Waals surface area contributed by atoms with Crippen LogP contribution in [0.4, 0.5) is 0 Å². The molecule has 0 aromatic carbocycles. The summed E-state index contributed by atoms with van der Waals surface area (Å²) in [4.78, 5) is 64.4. The number of aliphatic carboxylic acids is 1. The first kappa shape index (κ1) is 32.5. The van der Waals surface area contributed by atoms with Crippen molar-refractivity contribution in [3.05, 3.63) is 0 Å². The Bertz CT molecular complexity index is 799. The molecule has 0 bridgehead atoms. The molecule has 4 amide bonds. The number of carboxylic acids is 1. The van der Waals surface area contributed by atoms with Gasteiger partial charge < -0.3 is 49.1 Å². The molecule has 206 valence electrons. The molecule has 0 rings (SSSR count). The van der Waals surface area contributed by atoms with Crippen molar-refractivity contribution in [1.29, 1.82) is 0 Å². The molecule has 36 heavy (non-hydrogen) atoms. The van der Waals surface area contributed by atoms with E-state index in [4.69, 9.17) is 22.9 Å². The minimum atomic E-state index is -1.51. The molecule has 5 unspecified atom stereocenters. The highest BCUT2D eigenvalue weighted by atomic mass is 16.4. The predicted octanol–water partition coefficient (Wildman–Crippen LogP) is -3.40. The number of primary amides is 1. The molecule has 0 aliphatic carbocycles. The SMILES string of the molecule is CC(C)CC(NC(=O)C(NC(=O)C(CCCN=C(N)N)NC(=O)C(N)CCC(N)=O)C(C)O)C(=O)O. The summed E-state index contributed by atoms with van der Waals surface area (Å²) in [5.74, 6) is -4.58. The summed E-state index contributed by atoms with van der Waals surface area (Å²) in [6.45, 7) is 4.94. The minimum absolute atomic E-state index is 0.0378. The number of aliphatic imine (C=N–C) groups is 1. The first-order valence-corrected chi connectivity index (χ1v) is 11.6. The number of nitrogens with zero attached hydrogens (tertiary/aromatic N) is 1. The molecule has 0 radical (unpaired) electrons. The standard InChI is InChI=1S/C21H40N8O7/c1-10(2)9-14(20(35)36)28-19(34)16(11(3)30)29-18(33)13(5-4-8-26-21(24)25)27-17(32)12(22)6-7-15(23)31/h10-14,16,30H,4-9,22H2,1-3H3,(H2,23,31)(H,27,32)(H,28,34)(H,29,33)(H,35,36)(H4,24,25,26). The van der Waals surface area contributed by atoms with Gasteiger partial charge in [0.25, 0.3) is 0 Å². The van der Waals surface area contributed by atoms with Gasteiger partial charge in [0.1, 0.15) is 18.1 Å². The lowest BCUT2D eigenvalue weighted by molar-refractivity contribution is -0.143. The number of guanidine groups is 1. The smallest absolute Gasteiger partial charge is 0.326 e. The molecule has 13 N–H and O–H groups in total. The number of amides is 4. The van der Waals surface area contributed by atoms with Gasteiger partial charge in [-0.1, -0.05) is 13.8 Å². The van der Waals surface area contributed by atoms with Gasteiger partial charge in [0.15, 0.2) is 5.96 Å². The van der Waals surface area contributed by atoms with E-state index < -0.39 is 59.9 Å². The van der Waals surface area contributed by atoms with Crippen LogP contribution in [0.1, 0.15) is 52.9 Å². The summed E-state index contributed by atoms with van der Waals surface area (Å²) >= 11 is 0. The van der Waals surface area contributed by atoms with Gasteiger partial charge in [-0.05, 0) is 38.5 Å². The molecule has 15 nitrogen and oxygen atoms in total. The molecule has 0 aromatic rings. The third-order valence-corrected chi connectivity index (χ3v) is 5.00. The average Bonchev–Trinajstić information content (AvgIpc) is 2.75. The average molecular weight is 517 g/mol. The van der Waals surface area contributed by atoms with Crippen LogP contribution in [0, 0.1) is 5.92 Å². The fourth-order valence-corrected chi connectivity index (χ4v) is 3.09. The van der Waals surface area contributed by atoms with Gasteiger partial charge in [-0.15, -0.1) is 0 Å². The van der Waals surface area contributed by atoms with E-state index in [1.165, 1.54) is 6.92 Å². The normalized spacial score (nSPS) is 15.1. The highest BCUT2D eigenvalue weighted by Crippen LogP contribution is 2.07. The molecule has 0 saturated carbocycles. The zero-order valence-electron chi connectivity index (χ0n) is 20.9. The van der Waals surface area contributed by atoms with Crippen LogP contribution in [0.2, 0.25) is 0 Å². The summed E-state index contributed by atoms with van der Waals surface area (Å²) in [6, 6.07) is -5.07. The number of carbonyl (C=O) groups excluding carboxylic acids is 4. The molecule has 0 spiro atoms. The lowest BCUT2D eigenvalue weighted by atomic mass is 10.0. The molecule has 0 saturated heterocycles. The minimum Gasteiger partial charge on any atom is -0.480 e. The number of hydrogen-bond acceptors (Lipinski definition) is 8. The molecule has 0 aromatic heterocycles. The Morgan fingerprint density at radius 3 is 1.92 bits per heavy atom. The number of carboxylic acid groups (broad SMARTS) is 1. The van der Waals surface area contributed by atoms with Crippen molar-refractivity contribution in [3.63, 3.8) is 0 Å². The number of aliphatic hydroxyl groups excluding tert-OH is 1. The van der Waals surface area contributed by atoms with Crippen LogP contribution in [0.3, 0.4) is 0 Å². The van der Waals surface area contributed by atoms with Crippen LogP contribution < -0.4 is 38.9 Å². The monoisotopic (exact) mass is 516 g/mol. The largest absolute Gasteiger partial charge is 0.480 e. The highest BCUT2D eigenvalue weighted by Gasteiger charge is 2.32. The quantitative estimate of drug-likeness (QED) is 0.0524. The maximum Gasteiger partial charge on any atom is 0.326 e. The maximum absolute atomic E-state index is 13.0. The van der Waals surface area contributed by atoms with Crippen molar-refractivity contribution >= 4 is 35.6 Å². The van der Waals surface area contributed by atoms with Crippen molar-refractivity contribution in [2.45, 2.75) is 83.1 Å². The number of nitrogens with one attached hydrogen (secondary N) is 3. The molecule has 0 aliphatic heterocycles. The van der Waals surface area contributed by atoms with Gasteiger partial charge in [-0.2, -0.15) is 0 Å². The summed E-state index contributed by atoms with van der Waals surface area (Å²) in [6.07, 6.45) is -1.15. The predicted molar refractivity (Wildman–Crippen MR) is 131 cm³/mol. The van der Waals surface area contributed by atoms with Gasteiger partial charge in [0.2, 0.25) is 23.6 Å². The molecule has 5 atom stereocenters. The Morgan fingerprint density at radius 2 is 1.44 bits per heavy atom. The number of nitrogens with two attached hydrogens (primary N) is 4. The van der Waals surface area contributed by atoms with Crippen molar-refractivity contribution in [3.8, 4) is 0 Å². The Hall–Kier alpha value is -3.46. The lowest BCUT2D eigenvalue weighted by Crippen LogP contribution is -2.60. The number of carbonyl (C=O) groups is 5. The number of rotatable bonds is 17. The van der Waals surface area contributed by atoms with Gasteiger partial charge in [-0.3, -0.25) is 24.2 Å². The Morgan fingerprint density at radius 1 is 0.861 bits per heavy atom. The Balaban J connectivity index is 5.53. The lowest BCUT2D eigenvalue weighted by Gasteiger charge is -2.27. The van der Waals surface area contributed by atoms with Crippen LogP contribution in [0.15, 0.2) is 4.99 Å². The third kappa shape index (κ3) is 13.4. The van der Waals surface area contributed by atoms with Crippen LogP contribution in [0.25, 0.3) is 0 Å². The zero-order chi connectivity index (χ0) is 28.0. The second-order valence-corrected chi connectivity index (χ2v) is 8.88. The first-order valence-electron chi connectivity index (χ1n) is 11.6. The van der Waals surface area contributed by atoms with E-state index in [9.17, 15) is 34.2 Å². The van der Waals surface area contributed by atoms with Crippen LogP contribution in [-0.2, 0) is 24.0 Å². The fraction of sp³-hybridized carbons (Fsp3) is 0.714. The molecular formula is C21H40N8O7. The molecular weight excluding hydrogens is 476 g/mol. The molecule has 0 fully saturated rings. The van der Waals surface area contributed by atoms with E-state index in [0.717, 1.165) is 0 Å². The van der Waals surface area contributed by atoms with E-state index in [1.54, 1.807) is 13.8 Å². The van der Waals surface area contributed by atoms with Crippen molar-refractivity contribution < 1.29 is 34.2 Å².